The van der Waals surface area contributed by atoms with E-state index in [1.807, 2.05) is 6.07 Å². The number of benzene rings is 1. The summed E-state index contributed by atoms with van der Waals surface area (Å²) in [5.41, 5.74) is 6.59. The van der Waals surface area contributed by atoms with Gasteiger partial charge >= 0.3 is 5.97 Å². The molecule has 94 valence electrons. The summed E-state index contributed by atoms with van der Waals surface area (Å²) >= 11 is 1.39. The number of carboxylic acid groups (broad SMARTS) is 1. The lowest BCUT2D eigenvalue weighted by molar-refractivity contribution is 0.0693. The molecule has 0 aliphatic rings. The third kappa shape index (κ3) is 2.60. The number of carboxylic acids is 1. The summed E-state index contributed by atoms with van der Waals surface area (Å²) in [5.74, 6) is -0.646. The van der Waals surface area contributed by atoms with E-state index in [-0.39, 0.29) is 5.56 Å². The maximum atomic E-state index is 11.1. The third-order valence-corrected chi connectivity index (χ3v) is 3.27. The van der Waals surface area contributed by atoms with E-state index in [4.69, 9.17) is 15.6 Å². The second-order valence-corrected chi connectivity index (χ2v) is 4.83. The minimum atomic E-state index is -1.00. The number of hydrogen-bond donors (Lipinski definition) is 2. The summed E-state index contributed by atoms with van der Waals surface area (Å²) in [5, 5.41) is 9.59. The normalized spacial score (nSPS) is 10.3. The Kier molecular flexibility index (Phi) is 3.47. The van der Waals surface area contributed by atoms with E-state index >= 15 is 0 Å². The predicted octanol–water partition coefficient (Wildman–Crippen LogP) is 2.02. The van der Waals surface area contributed by atoms with Crippen molar-refractivity contribution < 1.29 is 14.6 Å². The van der Waals surface area contributed by atoms with Gasteiger partial charge in [-0.3, -0.25) is 0 Å². The fraction of sp³-hybridized carbons (Fsp3) is 0.167. The van der Waals surface area contributed by atoms with Crippen molar-refractivity contribution in [1.29, 1.82) is 0 Å². The number of aromatic carboxylic acids is 1. The fourth-order valence-corrected chi connectivity index (χ4v) is 2.36. The molecule has 0 aliphatic carbocycles. The Bertz CT molecular complexity index is 580. The Morgan fingerprint density at radius 2 is 2.33 bits per heavy atom. The van der Waals surface area contributed by atoms with Crippen molar-refractivity contribution in [3.05, 3.63) is 40.4 Å². The molecule has 0 saturated carbocycles. The summed E-state index contributed by atoms with van der Waals surface area (Å²) < 4.78 is 5.01. The highest BCUT2D eigenvalue weighted by Gasteiger charge is 2.12. The van der Waals surface area contributed by atoms with E-state index in [0.29, 0.717) is 17.3 Å². The number of ether oxygens (including phenoxy) is 1. The average molecular weight is 264 g/mol. The lowest BCUT2D eigenvalue weighted by Gasteiger charge is -2.06. The second kappa shape index (κ2) is 5.05. The van der Waals surface area contributed by atoms with Gasteiger partial charge in [-0.2, -0.15) is 0 Å². The molecule has 0 atom stereocenters. The quantitative estimate of drug-likeness (QED) is 0.882. The number of hydrogen-bond acceptors (Lipinski definition) is 5. The molecule has 1 aromatic carbocycles. The molecule has 0 saturated heterocycles. The molecule has 0 amide bonds. The Morgan fingerprint density at radius 1 is 1.56 bits per heavy atom. The molecule has 0 bridgehead atoms. The summed E-state index contributed by atoms with van der Waals surface area (Å²) in [6.07, 6.45) is 2.31. The van der Waals surface area contributed by atoms with E-state index in [1.165, 1.54) is 18.4 Å². The van der Waals surface area contributed by atoms with E-state index < -0.39 is 5.97 Å². The monoisotopic (exact) mass is 264 g/mol. The van der Waals surface area contributed by atoms with Gasteiger partial charge in [0.15, 0.2) is 5.13 Å². The standard InChI is InChI=1S/C12H12N2O3S/c1-17-10-3-2-7(5-9(10)11(15)16)4-8-6-14-12(13)18-8/h2-3,5-6H,4H2,1H3,(H2,13,14)(H,15,16). The number of nitrogens with zero attached hydrogens (tertiary/aromatic N) is 1. The van der Waals surface area contributed by atoms with Crippen LogP contribution in [0.5, 0.6) is 5.75 Å². The first-order chi connectivity index (χ1) is 8.60. The molecular weight excluding hydrogens is 252 g/mol. The molecule has 3 N–H and O–H groups in total. The first-order valence-electron chi connectivity index (χ1n) is 5.20. The molecule has 0 fully saturated rings. The maximum Gasteiger partial charge on any atom is 0.339 e. The second-order valence-electron chi connectivity index (χ2n) is 3.68. The molecule has 0 spiro atoms. The van der Waals surface area contributed by atoms with Gasteiger partial charge in [-0.1, -0.05) is 6.07 Å². The minimum Gasteiger partial charge on any atom is -0.496 e. The average Bonchev–Trinajstić information content (AvgIpc) is 2.74. The van der Waals surface area contributed by atoms with Crippen LogP contribution < -0.4 is 10.5 Å². The Hall–Kier alpha value is -2.08. The van der Waals surface area contributed by atoms with Gasteiger partial charge in [0.25, 0.3) is 0 Å². The van der Waals surface area contributed by atoms with Gasteiger partial charge in [0.2, 0.25) is 0 Å². The molecule has 0 aliphatic heterocycles. The number of aromatic nitrogens is 1. The van der Waals surface area contributed by atoms with Crippen molar-refractivity contribution in [2.24, 2.45) is 0 Å². The first kappa shape index (κ1) is 12.4. The third-order valence-electron chi connectivity index (χ3n) is 2.44. The van der Waals surface area contributed by atoms with Crippen LogP contribution in [0.3, 0.4) is 0 Å². The molecule has 1 heterocycles. The van der Waals surface area contributed by atoms with E-state index in [9.17, 15) is 4.79 Å². The lowest BCUT2D eigenvalue weighted by Crippen LogP contribution is -2.01. The van der Waals surface area contributed by atoms with E-state index in [0.717, 1.165) is 10.4 Å². The highest BCUT2D eigenvalue weighted by atomic mass is 32.1. The molecule has 18 heavy (non-hydrogen) atoms. The van der Waals surface area contributed by atoms with Crippen LogP contribution in [0.4, 0.5) is 5.13 Å². The van der Waals surface area contributed by atoms with Crippen molar-refractivity contribution in [3.8, 4) is 5.75 Å². The minimum absolute atomic E-state index is 0.160. The van der Waals surface area contributed by atoms with Crippen LogP contribution in [0.25, 0.3) is 0 Å². The zero-order valence-corrected chi connectivity index (χ0v) is 10.5. The summed E-state index contributed by atoms with van der Waals surface area (Å²) in [4.78, 5) is 16.0. The SMILES string of the molecule is COc1ccc(Cc2cnc(N)s2)cc1C(=O)O. The number of thiazole rings is 1. The van der Waals surface area contributed by atoms with Crippen LogP contribution >= 0.6 is 11.3 Å². The molecule has 5 nitrogen and oxygen atoms in total. The van der Waals surface area contributed by atoms with Gasteiger partial charge in [-0.05, 0) is 17.7 Å². The van der Waals surface area contributed by atoms with Crippen molar-refractivity contribution in [3.63, 3.8) is 0 Å². The van der Waals surface area contributed by atoms with Gasteiger partial charge in [0.05, 0.1) is 7.11 Å². The number of methoxy groups -OCH3 is 1. The Morgan fingerprint density at radius 3 is 2.89 bits per heavy atom. The molecule has 2 rings (SSSR count). The van der Waals surface area contributed by atoms with Gasteiger partial charge in [0.1, 0.15) is 11.3 Å². The molecule has 6 heteroatoms. The van der Waals surface area contributed by atoms with E-state index in [2.05, 4.69) is 4.98 Å². The molecule has 0 radical (unpaired) electrons. The van der Waals surface area contributed by atoms with Gasteiger partial charge in [-0.25, -0.2) is 9.78 Å². The molecule has 2 aromatic rings. The fourth-order valence-electron chi connectivity index (χ4n) is 1.64. The van der Waals surface area contributed by atoms with Crippen molar-refractivity contribution in [2.45, 2.75) is 6.42 Å². The number of nitrogens with two attached hydrogens (primary N) is 1. The van der Waals surface area contributed by atoms with Crippen molar-refractivity contribution in [1.82, 2.24) is 4.98 Å². The highest BCUT2D eigenvalue weighted by Crippen LogP contribution is 2.23. The van der Waals surface area contributed by atoms with Gasteiger partial charge < -0.3 is 15.6 Å². The topological polar surface area (TPSA) is 85.4 Å². The van der Waals surface area contributed by atoms with E-state index in [1.54, 1.807) is 18.3 Å². The van der Waals surface area contributed by atoms with Crippen molar-refractivity contribution in [2.75, 3.05) is 12.8 Å². The summed E-state index contributed by atoms with van der Waals surface area (Å²) in [6, 6.07) is 5.10. The van der Waals surface area contributed by atoms with Gasteiger partial charge in [0, 0.05) is 17.5 Å². The van der Waals surface area contributed by atoms with Gasteiger partial charge in [-0.15, -0.1) is 11.3 Å². The Balaban J connectivity index is 2.29. The van der Waals surface area contributed by atoms with Crippen LogP contribution in [0, 0.1) is 0 Å². The molecule has 0 unspecified atom stereocenters. The summed E-state index contributed by atoms with van der Waals surface area (Å²) in [7, 11) is 1.45. The zero-order valence-electron chi connectivity index (χ0n) is 9.71. The number of nitrogen functional groups attached to an aromatic ring is 1. The maximum absolute atomic E-state index is 11.1. The van der Waals surface area contributed by atoms with Crippen LogP contribution in [0.15, 0.2) is 24.4 Å². The molecular formula is C12H12N2O3S. The van der Waals surface area contributed by atoms with Crippen LogP contribution in [0.2, 0.25) is 0 Å². The van der Waals surface area contributed by atoms with Crippen LogP contribution in [0.1, 0.15) is 20.8 Å². The van der Waals surface area contributed by atoms with Crippen LogP contribution in [-0.4, -0.2) is 23.2 Å². The Labute approximate surface area is 108 Å². The smallest absolute Gasteiger partial charge is 0.339 e. The van der Waals surface area contributed by atoms with Crippen molar-refractivity contribution >= 4 is 22.4 Å². The van der Waals surface area contributed by atoms with Crippen LogP contribution in [-0.2, 0) is 6.42 Å². The predicted molar refractivity (Wildman–Crippen MR) is 69.3 cm³/mol. The molecule has 1 aromatic heterocycles. The lowest BCUT2D eigenvalue weighted by atomic mass is 10.1. The zero-order chi connectivity index (χ0) is 13.1. The summed E-state index contributed by atoms with van der Waals surface area (Å²) in [6.45, 7) is 0. The number of carbonyl (C=O) groups is 1. The highest BCUT2D eigenvalue weighted by molar-refractivity contribution is 7.15. The largest absolute Gasteiger partial charge is 0.496 e. The first-order valence-corrected chi connectivity index (χ1v) is 6.02. The number of rotatable bonds is 4. The number of anilines is 1.